The van der Waals surface area contributed by atoms with Crippen molar-refractivity contribution in [3.63, 3.8) is 0 Å². The number of aromatic nitrogens is 6. The van der Waals surface area contributed by atoms with E-state index in [1.54, 1.807) is 36.7 Å². The van der Waals surface area contributed by atoms with E-state index in [2.05, 4.69) is 99.6 Å². The molecule has 0 atom stereocenters. The van der Waals surface area contributed by atoms with E-state index < -0.39 is 11.9 Å². The number of hydrogen-bond donors (Lipinski definition) is 0. The molecule has 0 aliphatic rings. The summed E-state index contributed by atoms with van der Waals surface area (Å²) in [4.78, 5) is 32.7. The van der Waals surface area contributed by atoms with Crippen LogP contribution in [0.5, 0.6) is 23.0 Å². The van der Waals surface area contributed by atoms with Gasteiger partial charge in [0.2, 0.25) is 0 Å². The molecule has 8 rings (SSSR count). The average molecular weight is 1160 g/mol. The third-order valence-electron chi connectivity index (χ3n) is 12.4. The van der Waals surface area contributed by atoms with Crippen LogP contribution in [0.3, 0.4) is 0 Å². The van der Waals surface area contributed by atoms with E-state index in [9.17, 15) is 30.0 Å². The Balaban J connectivity index is 0.000000463. The van der Waals surface area contributed by atoms with Crippen LogP contribution in [-0.2, 0) is 44.4 Å². The van der Waals surface area contributed by atoms with Crippen LogP contribution in [0.15, 0.2) is 131 Å². The van der Waals surface area contributed by atoms with Crippen LogP contribution in [0, 0.1) is 10.8 Å². The fourth-order valence-electron chi connectivity index (χ4n) is 9.37. The van der Waals surface area contributed by atoms with Crippen molar-refractivity contribution < 1.29 is 73.0 Å². The zero-order valence-corrected chi connectivity index (χ0v) is 48.8. The SMILES string of the molecule is CC(C)(C)CC(C)(C)c1cc(C=NCCCN=Cc2cc(C(C)(C)CC(C)(C)C)cc(-n3nc4ccccc4n3)c2[O-])c([O-])c(-n2nc3ccccc3n2)c1.COc1ccc(C(=O)[O-])cc1.COc1ccc(C(=O)[O-])cc1.[Co+2].[Co+2]. The third-order valence-corrected chi connectivity index (χ3v) is 12.4. The fourth-order valence-corrected chi connectivity index (χ4v) is 9.37. The minimum absolute atomic E-state index is 0. The second-order valence-corrected chi connectivity index (χ2v) is 22.5. The minimum Gasteiger partial charge on any atom is -0.871 e. The molecule has 0 unspecified atom stereocenters. The molecule has 18 heteroatoms. The molecule has 0 fully saturated rings. The van der Waals surface area contributed by atoms with E-state index >= 15 is 0 Å². The van der Waals surface area contributed by atoms with E-state index in [-0.39, 0.29) is 77.8 Å². The summed E-state index contributed by atoms with van der Waals surface area (Å²) in [5.74, 6) is -1.43. The molecule has 2 heterocycles. The summed E-state index contributed by atoms with van der Waals surface area (Å²) in [6.45, 7) is 23.1. The molecule has 2 radical (unpaired) electrons. The summed E-state index contributed by atoms with van der Waals surface area (Å²) in [7, 11) is 3.04. The van der Waals surface area contributed by atoms with Crippen LogP contribution < -0.4 is 29.9 Å². The number of fused-ring (bicyclic) bond motifs is 2. The average Bonchev–Trinajstić information content (AvgIpc) is 4.14. The Bertz CT molecular complexity index is 3080. The van der Waals surface area contributed by atoms with E-state index in [1.165, 1.54) is 48.1 Å². The van der Waals surface area contributed by atoms with Gasteiger partial charge in [0.25, 0.3) is 0 Å². The van der Waals surface area contributed by atoms with Crippen LogP contribution in [0.25, 0.3) is 33.4 Å². The number of ether oxygens (including phenoxy) is 2. The number of benzene rings is 6. The van der Waals surface area contributed by atoms with Crippen molar-refractivity contribution in [2.24, 2.45) is 20.8 Å². The Morgan fingerprint density at radius 2 is 0.810 bits per heavy atom. The van der Waals surface area contributed by atoms with Crippen LogP contribution in [0.4, 0.5) is 0 Å². The summed E-state index contributed by atoms with van der Waals surface area (Å²) in [5, 5.41) is 66.7. The van der Waals surface area contributed by atoms with Gasteiger partial charge >= 0.3 is 33.6 Å². The third kappa shape index (κ3) is 17.8. The maximum atomic E-state index is 13.9. The number of carbonyl (C=O) groups is 2. The maximum absolute atomic E-state index is 13.9. The molecule has 418 valence electrons. The molecule has 0 amide bonds. The smallest absolute Gasteiger partial charge is 0.871 e. The number of carboxylic acid groups (broad SMARTS) is 2. The number of aliphatic imine (C=N–C) groups is 2. The van der Waals surface area contributed by atoms with Gasteiger partial charge in [-0.1, -0.05) is 117 Å². The van der Waals surface area contributed by atoms with Gasteiger partial charge in [-0.2, -0.15) is 9.59 Å². The van der Waals surface area contributed by atoms with Gasteiger partial charge in [0.15, 0.2) is 0 Å². The predicted octanol–water partition coefficient (Wildman–Crippen LogP) is 8.77. The molecule has 0 saturated heterocycles. The van der Waals surface area contributed by atoms with Crippen molar-refractivity contribution in [1.82, 2.24) is 30.0 Å². The molecule has 16 nitrogen and oxygen atoms in total. The Morgan fingerprint density at radius 3 is 1.08 bits per heavy atom. The molecule has 2 aromatic heterocycles. The molecule has 0 saturated carbocycles. The first-order valence-electron chi connectivity index (χ1n) is 25.3. The Labute approximate surface area is 483 Å². The van der Waals surface area contributed by atoms with Gasteiger partial charge in [-0.05, 0) is 159 Å². The number of methoxy groups -OCH3 is 2. The molecule has 0 spiro atoms. The standard InChI is InChI=1S/C45H56N8O2.2C8H8O3.2Co/c1-42(2,3)28-44(7,8)32-22-30(40(54)38(24-32)52-48-34-16-11-12-17-35(34)49-52)26-46-20-15-21-47-27-31-23-33(45(9,10)29-43(4,5)6)25-39(41(31)55)53-50-36-18-13-14-19-37(36)51-53;2*1-11-7-4-2-6(3-5-7)8(9)10;;/h11-14,16-19,22-27,54-55H,15,20-21,28-29H2,1-10H3;2*2-5H,1H3,(H,9,10);;/q;;;2*+2/p-4. The summed E-state index contributed by atoms with van der Waals surface area (Å²) in [5.41, 5.74) is 6.81. The van der Waals surface area contributed by atoms with Crippen LogP contribution >= 0.6 is 0 Å². The van der Waals surface area contributed by atoms with Crippen LogP contribution in [-0.4, -0.2) is 81.7 Å². The monoisotopic (exact) mass is 1160 g/mol. The quantitative estimate of drug-likeness (QED) is 0.0653. The molecule has 6 aromatic carbocycles. The van der Waals surface area contributed by atoms with Crippen molar-refractivity contribution in [3.8, 4) is 34.4 Å². The first-order chi connectivity index (χ1) is 36.3. The number of aromatic carboxylic acids is 2. The Morgan fingerprint density at radius 1 is 0.506 bits per heavy atom. The molecule has 8 aromatic rings. The second kappa shape index (κ2) is 27.5. The molecule has 79 heavy (non-hydrogen) atoms. The molecular weight excluding hydrogens is 1090 g/mol. The van der Waals surface area contributed by atoms with Crippen molar-refractivity contribution in [1.29, 1.82) is 0 Å². The van der Waals surface area contributed by atoms with Gasteiger partial charge in [0, 0.05) is 25.5 Å². The predicted molar refractivity (Wildman–Crippen MR) is 295 cm³/mol. The minimum atomic E-state index is -1.17. The van der Waals surface area contributed by atoms with E-state index in [4.69, 9.17) is 9.47 Å². The van der Waals surface area contributed by atoms with Crippen LogP contribution in [0.2, 0.25) is 0 Å². The number of rotatable bonds is 16. The van der Waals surface area contributed by atoms with Crippen molar-refractivity contribution in [2.75, 3.05) is 27.3 Å². The number of carbonyl (C=O) groups excluding carboxylic acids is 2. The van der Waals surface area contributed by atoms with E-state index in [0.29, 0.717) is 53.5 Å². The Kier molecular flexibility index (Phi) is 22.3. The van der Waals surface area contributed by atoms with Gasteiger partial charge in [0.05, 0.1) is 37.5 Å². The first-order valence-corrected chi connectivity index (χ1v) is 25.3. The zero-order valence-electron chi connectivity index (χ0n) is 46.7. The van der Waals surface area contributed by atoms with E-state index in [0.717, 1.165) is 46.0 Å². The fraction of sp³-hybridized carbons (Fsp3) is 0.344. The van der Waals surface area contributed by atoms with Crippen LogP contribution in [0.1, 0.15) is 131 Å². The molecule has 0 aliphatic carbocycles. The first kappa shape index (κ1) is 64.1. The van der Waals surface area contributed by atoms with Crippen molar-refractivity contribution >= 4 is 46.4 Å². The van der Waals surface area contributed by atoms with Gasteiger partial charge in [-0.3, -0.25) is 9.98 Å². The van der Waals surface area contributed by atoms with Gasteiger partial charge < -0.3 is 39.5 Å². The summed E-state index contributed by atoms with van der Waals surface area (Å²) in [6.07, 6.45) is 5.80. The Hall–Kier alpha value is -7.39. The molecular formula is C61H68Co2N8O8. The van der Waals surface area contributed by atoms with Gasteiger partial charge in [-0.15, -0.1) is 20.4 Å². The zero-order chi connectivity index (χ0) is 56.3. The normalized spacial score (nSPS) is 11.8. The number of hydrogen-bond acceptors (Lipinski definition) is 14. The van der Waals surface area contributed by atoms with Gasteiger partial charge in [-0.25, -0.2) is 0 Å². The second-order valence-electron chi connectivity index (χ2n) is 22.5. The van der Waals surface area contributed by atoms with Crippen molar-refractivity contribution in [3.05, 3.63) is 155 Å². The largest absolute Gasteiger partial charge is 2.00 e. The molecule has 0 bridgehead atoms. The topological polar surface area (TPSA) is 231 Å². The van der Waals surface area contributed by atoms with E-state index in [1.807, 2.05) is 72.8 Å². The summed E-state index contributed by atoms with van der Waals surface area (Å²) >= 11 is 0. The molecule has 0 aliphatic heterocycles. The van der Waals surface area contributed by atoms with Gasteiger partial charge in [0.1, 0.15) is 33.6 Å². The summed E-state index contributed by atoms with van der Waals surface area (Å²) < 4.78 is 9.67. The molecule has 0 N–H and O–H groups in total. The summed E-state index contributed by atoms with van der Waals surface area (Å²) in [6, 6.07) is 35.0. The van der Waals surface area contributed by atoms with Crippen molar-refractivity contribution in [2.45, 2.75) is 99.3 Å². The maximum Gasteiger partial charge on any atom is 2.00 e. The number of nitrogens with zero attached hydrogens (tertiary/aromatic N) is 8. The number of carboxylic acids is 2.